The van der Waals surface area contributed by atoms with Crippen molar-refractivity contribution in [1.82, 2.24) is 14.2 Å². The molecule has 0 spiro atoms. The normalized spacial score (nSPS) is 11.9. The Bertz CT molecular complexity index is 1330. The van der Waals surface area contributed by atoms with E-state index < -0.39 is 0 Å². The molecule has 2 aromatic heterocycles. The van der Waals surface area contributed by atoms with E-state index in [1.54, 1.807) is 22.3 Å². The summed E-state index contributed by atoms with van der Waals surface area (Å²) < 4.78 is 8.36. The Morgan fingerprint density at radius 1 is 1.03 bits per heavy atom. The van der Waals surface area contributed by atoms with Crippen molar-refractivity contribution in [1.29, 1.82) is 0 Å². The largest absolute Gasteiger partial charge is 0.383 e. The lowest BCUT2D eigenvalue weighted by Crippen LogP contribution is -2.24. The van der Waals surface area contributed by atoms with Gasteiger partial charge in [0.25, 0.3) is 11.5 Å². The van der Waals surface area contributed by atoms with Crippen molar-refractivity contribution >= 4 is 28.1 Å². The van der Waals surface area contributed by atoms with E-state index in [4.69, 9.17) is 4.74 Å². The zero-order valence-corrected chi connectivity index (χ0v) is 18.2. The van der Waals surface area contributed by atoms with Crippen molar-refractivity contribution in [2.24, 2.45) is 0 Å². The van der Waals surface area contributed by atoms with Crippen LogP contribution in [0.5, 0.6) is 0 Å². The third-order valence-electron chi connectivity index (χ3n) is 5.31. The van der Waals surface area contributed by atoms with Crippen molar-refractivity contribution < 1.29 is 9.53 Å². The number of nitrogens with one attached hydrogen (secondary N) is 1. The van der Waals surface area contributed by atoms with Crippen molar-refractivity contribution in [3.63, 3.8) is 0 Å². The van der Waals surface area contributed by atoms with Gasteiger partial charge in [-0.15, -0.1) is 0 Å². The fraction of sp³-hybridized carbons (Fsp3) is 0.292. The molecule has 0 fully saturated rings. The molecule has 0 aliphatic carbocycles. The van der Waals surface area contributed by atoms with Crippen LogP contribution in [-0.2, 0) is 16.7 Å². The average molecular weight is 418 g/mol. The molecule has 0 atom stereocenters. The number of rotatable bonds is 5. The highest BCUT2D eigenvalue weighted by molar-refractivity contribution is 6.03. The number of amides is 1. The standard InChI is InChI=1S/C24H26N4O3/c1-24(2,3)16-8-7-9-17(14-16)25-22(29)18-15-21-23(30)27(12-13-31-4)19-10-5-6-11-20(19)28(21)26-18/h5-11,14-15H,12-13H2,1-4H3,(H,25,29). The van der Waals surface area contributed by atoms with Gasteiger partial charge in [0.15, 0.2) is 5.69 Å². The smallest absolute Gasteiger partial charge is 0.277 e. The van der Waals surface area contributed by atoms with E-state index in [9.17, 15) is 9.59 Å². The molecule has 0 radical (unpaired) electrons. The second kappa shape index (κ2) is 8.00. The highest BCUT2D eigenvalue weighted by Crippen LogP contribution is 2.25. The van der Waals surface area contributed by atoms with Crippen LogP contribution in [0.2, 0.25) is 0 Å². The van der Waals surface area contributed by atoms with Crippen LogP contribution < -0.4 is 10.9 Å². The van der Waals surface area contributed by atoms with Gasteiger partial charge >= 0.3 is 0 Å². The Morgan fingerprint density at radius 3 is 2.48 bits per heavy atom. The molecule has 0 saturated heterocycles. The molecular formula is C24H26N4O3. The van der Waals surface area contributed by atoms with Crippen LogP contribution in [0.3, 0.4) is 0 Å². The first kappa shape index (κ1) is 20.8. The molecule has 0 bridgehead atoms. The van der Waals surface area contributed by atoms with Crippen LogP contribution in [0.4, 0.5) is 5.69 Å². The summed E-state index contributed by atoms with van der Waals surface area (Å²) in [5, 5.41) is 7.35. The summed E-state index contributed by atoms with van der Waals surface area (Å²) >= 11 is 0. The molecule has 7 nitrogen and oxygen atoms in total. The Kier molecular flexibility index (Phi) is 5.37. The van der Waals surface area contributed by atoms with Crippen LogP contribution >= 0.6 is 0 Å². The number of hydrogen-bond acceptors (Lipinski definition) is 4. The minimum absolute atomic E-state index is 0.0317. The van der Waals surface area contributed by atoms with E-state index in [0.29, 0.717) is 24.4 Å². The van der Waals surface area contributed by atoms with Crippen LogP contribution in [0, 0.1) is 0 Å². The van der Waals surface area contributed by atoms with Gasteiger partial charge in [0.2, 0.25) is 0 Å². The predicted octanol–water partition coefficient (Wildman–Crippen LogP) is 3.85. The topological polar surface area (TPSA) is 77.6 Å². The Morgan fingerprint density at radius 2 is 1.77 bits per heavy atom. The fourth-order valence-corrected chi connectivity index (χ4v) is 3.61. The number of methoxy groups -OCH3 is 1. The molecule has 0 unspecified atom stereocenters. The minimum Gasteiger partial charge on any atom is -0.383 e. The zero-order chi connectivity index (χ0) is 22.2. The maximum absolute atomic E-state index is 13.1. The molecule has 2 aromatic carbocycles. The molecule has 4 rings (SSSR count). The number of hydrogen-bond donors (Lipinski definition) is 1. The summed E-state index contributed by atoms with van der Waals surface area (Å²) in [6.45, 7) is 7.19. The molecule has 2 heterocycles. The second-order valence-corrected chi connectivity index (χ2v) is 8.55. The highest BCUT2D eigenvalue weighted by Gasteiger charge is 2.18. The van der Waals surface area contributed by atoms with Gasteiger partial charge in [-0.1, -0.05) is 45.0 Å². The van der Waals surface area contributed by atoms with Crippen molar-refractivity contribution in [2.75, 3.05) is 19.0 Å². The number of ether oxygens (including phenoxy) is 1. The lowest BCUT2D eigenvalue weighted by Gasteiger charge is -2.19. The van der Waals surface area contributed by atoms with Crippen molar-refractivity contribution in [3.8, 4) is 0 Å². The summed E-state index contributed by atoms with van der Waals surface area (Å²) in [5.74, 6) is -0.360. The highest BCUT2D eigenvalue weighted by atomic mass is 16.5. The average Bonchev–Trinajstić information content (AvgIpc) is 3.20. The minimum atomic E-state index is -0.360. The van der Waals surface area contributed by atoms with Gasteiger partial charge in [-0.2, -0.15) is 5.10 Å². The van der Waals surface area contributed by atoms with Crippen molar-refractivity contribution in [3.05, 3.63) is 76.2 Å². The molecule has 1 amide bonds. The van der Waals surface area contributed by atoms with Crippen LogP contribution in [0.25, 0.3) is 16.6 Å². The first-order valence-electron chi connectivity index (χ1n) is 10.2. The molecule has 7 heteroatoms. The van der Waals surface area contributed by atoms with Gasteiger partial charge < -0.3 is 14.6 Å². The van der Waals surface area contributed by atoms with E-state index in [1.165, 1.54) is 0 Å². The molecule has 4 aromatic rings. The summed E-state index contributed by atoms with van der Waals surface area (Å²) in [7, 11) is 1.60. The number of carbonyl (C=O) groups is 1. The molecule has 0 aliphatic heterocycles. The summed E-state index contributed by atoms with van der Waals surface area (Å²) in [6, 6.07) is 16.8. The van der Waals surface area contributed by atoms with Gasteiger partial charge in [-0.05, 0) is 35.2 Å². The lowest BCUT2D eigenvalue weighted by atomic mass is 9.87. The molecule has 31 heavy (non-hydrogen) atoms. The maximum atomic E-state index is 13.1. The monoisotopic (exact) mass is 418 g/mol. The van der Waals surface area contributed by atoms with Gasteiger partial charge in [0.1, 0.15) is 5.52 Å². The number of benzene rings is 2. The van der Waals surface area contributed by atoms with E-state index in [1.807, 2.05) is 48.5 Å². The van der Waals surface area contributed by atoms with Crippen LogP contribution in [0.1, 0.15) is 36.8 Å². The molecule has 0 saturated carbocycles. The van der Waals surface area contributed by atoms with E-state index in [2.05, 4.69) is 31.2 Å². The SMILES string of the molecule is COCCn1c(=O)c2cc(C(=O)Nc3cccc(C(C)(C)C)c3)nn2c2ccccc21. The van der Waals surface area contributed by atoms with Crippen LogP contribution in [0.15, 0.2) is 59.4 Å². The third-order valence-corrected chi connectivity index (χ3v) is 5.31. The molecular weight excluding hydrogens is 392 g/mol. The first-order chi connectivity index (χ1) is 14.8. The van der Waals surface area contributed by atoms with Gasteiger partial charge in [0, 0.05) is 25.4 Å². The number of para-hydroxylation sites is 2. The Labute approximate surface area is 180 Å². The number of nitrogens with zero attached hydrogens (tertiary/aromatic N) is 3. The predicted molar refractivity (Wildman–Crippen MR) is 122 cm³/mol. The third kappa shape index (κ3) is 3.96. The van der Waals surface area contributed by atoms with Crippen LogP contribution in [-0.4, -0.2) is 33.8 Å². The summed E-state index contributed by atoms with van der Waals surface area (Å²) in [5.41, 5.74) is 3.60. The number of carbonyl (C=O) groups excluding carboxylic acids is 1. The van der Waals surface area contributed by atoms with E-state index in [-0.39, 0.29) is 22.6 Å². The lowest BCUT2D eigenvalue weighted by molar-refractivity contribution is 0.102. The van der Waals surface area contributed by atoms with Gasteiger partial charge in [0.05, 0.1) is 17.6 Å². The zero-order valence-electron chi connectivity index (χ0n) is 18.2. The maximum Gasteiger partial charge on any atom is 0.277 e. The quantitative estimate of drug-likeness (QED) is 0.534. The second-order valence-electron chi connectivity index (χ2n) is 8.55. The van der Waals surface area contributed by atoms with Gasteiger partial charge in [-0.3, -0.25) is 9.59 Å². The van der Waals surface area contributed by atoms with E-state index in [0.717, 1.165) is 16.6 Å². The summed E-state index contributed by atoms with van der Waals surface area (Å²) in [4.78, 5) is 26.0. The summed E-state index contributed by atoms with van der Waals surface area (Å²) in [6.07, 6.45) is 0. The van der Waals surface area contributed by atoms with Crippen molar-refractivity contribution in [2.45, 2.75) is 32.7 Å². The molecule has 1 N–H and O–H groups in total. The Balaban J connectivity index is 1.76. The molecule has 160 valence electrons. The first-order valence-corrected chi connectivity index (χ1v) is 10.2. The Hall–Kier alpha value is -3.45. The molecule has 0 aliphatic rings. The number of anilines is 1. The number of aromatic nitrogens is 3. The number of fused-ring (bicyclic) bond motifs is 3. The van der Waals surface area contributed by atoms with E-state index >= 15 is 0 Å². The fourth-order valence-electron chi connectivity index (χ4n) is 3.61. The van der Waals surface area contributed by atoms with Gasteiger partial charge in [-0.25, -0.2) is 4.52 Å².